The molecule has 4 heterocycles. The third-order valence-corrected chi connectivity index (χ3v) is 6.99. The van der Waals surface area contributed by atoms with Crippen molar-refractivity contribution in [2.45, 2.75) is 29.4 Å². The van der Waals surface area contributed by atoms with Crippen LogP contribution >= 0.6 is 23.4 Å². The first kappa shape index (κ1) is 19.3. The highest BCUT2D eigenvalue weighted by molar-refractivity contribution is 7.99. The Morgan fingerprint density at radius 1 is 1.33 bits per heavy atom. The Kier molecular flexibility index (Phi) is 5.08. The summed E-state index contributed by atoms with van der Waals surface area (Å²) in [5.74, 6) is 2.19. The van der Waals surface area contributed by atoms with Crippen LogP contribution in [0.25, 0.3) is 11.0 Å². The summed E-state index contributed by atoms with van der Waals surface area (Å²) >= 11 is 7.95. The number of carbonyl (C=O) groups excluding carboxylic acids is 1. The van der Waals surface area contributed by atoms with Crippen molar-refractivity contribution in [1.82, 2.24) is 19.4 Å². The predicted octanol–water partition coefficient (Wildman–Crippen LogP) is 3.42. The van der Waals surface area contributed by atoms with Gasteiger partial charge in [0.2, 0.25) is 13.2 Å². The Balaban J connectivity index is 1.46. The molecule has 2 aromatic heterocycles. The van der Waals surface area contributed by atoms with Gasteiger partial charge in [0.25, 0.3) is 0 Å². The van der Waals surface area contributed by atoms with Gasteiger partial charge in [-0.2, -0.15) is 0 Å². The van der Waals surface area contributed by atoms with E-state index in [1.54, 1.807) is 12.3 Å². The van der Waals surface area contributed by atoms with Crippen LogP contribution in [0.1, 0.15) is 12.8 Å². The van der Waals surface area contributed by atoms with E-state index >= 15 is 0 Å². The summed E-state index contributed by atoms with van der Waals surface area (Å²) in [7, 11) is 0. The first-order chi connectivity index (χ1) is 14.6. The number of ether oxygens (including phenoxy) is 2. The number of aromatic nitrogens is 3. The van der Waals surface area contributed by atoms with Crippen LogP contribution in [0.3, 0.4) is 0 Å². The van der Waals surface area contributed by atoms with E-state index < -0.39 is 0 Å². The second-order valence-corrected chi connectivity index (χ2v) is 8.81. The molecule has 2 N–H and O–H groups in total. The van der Waals surface area contributed by atoms with Gasteiger partial charge < -0.3 is 24.7 Å². The maximum absolute atomic E-state index is 11.0. The van der Waals surface area contributed by atoms with Gasteiger partial charge >= 0.3 is 0 Å². The summed E-state index contributed by atoms with van der Waals surface area (Å²) in [6, 6.07) is 5.57. The van der Waals surface area contributed by atoms with Crippen molar-refractivity contribution in [2.24, 2.45) is 5.92 Å². The van der Waals surface area contributed by atoms with E-state index in [-0.39, 0.29) is 6.79 Å². The lowest BCUT2D eigenvalue weighted by Gasteiger charge is -2.14. The fourth-order valence-electron chi connectivity index (χ4n) is 3.93. The number of rotatable bonds is 6. The number of benzene rings is 1. The molecule has 2 aliphatic rings. The highest BCUT2D eigenvalue weighted by atomic mass is 35.5. The maximum Gasteiger partial charge on any atom is 0.231 e. The number of fused-ring (bicyclic) bond motifs is 2. The normalized spacial score (nSPS) is 17.8. The Hall–Kier alpha value is -2.65. The van der Waals surface area contributed by atoms with Crippen molar-refractivity contribution in [3.8, 4) is 11.5 Å². The minimum absolute atomic E-state index is 0.194. The first-order valence-corrected chi connectivity index (χ1v) is 10.9. The lowest BCUT2D eigenvalue weighted by Crippen LogP contribution is -2.18. The van der Waals surface area contributed by atoms with Crippen LogP contribution in [0.15, 0.2) is 34.4 Å². The highest BCUT2D eigenvalue weighted by Gasteiger charge is 2.23. The molecule has 30 heavy (non-hydrogen) atoms. The third-order valence-electron chi connectivity index (χ3n) is 5.52. The first-order valence-electron chi connectivity index (χ1n) is 9.69. The van der Waals surface area contributed by atoms with E-state index in [1.807, 2.05) is 17.0 Å². The topological polar surface area (TPSA) is 95.5 Å². The van der Waals surface area contributed by atoms with Crippen molar-refractivity contribution in [3.63, 3.8) is 0 Å². The van der Waals surface area contributed by atoms with E-state index in [2.05, 4.69) is 9.55 Å². The minimum Gasteiger partial charge on any atom is -0.454 e. The quantitative estimate of drug-likeness (QED) is 0.581. The average Bonchev–Trinajstić information content (AvgIpc) is 3.46. The van der Waals surface area contributed by atoms with Crippen molar-refractivity contribution < 1.29 is 14.3 Å². The van der Waals surface area contributed by atoms with E-state index in [4.69, 9.17) is 31.8 Å². The number of halogens is 1. The highest BCUT2D eigenvalue weighted by Crippen LogP contribution is 2.43. The molecule has 156 valence electrons. The second kappa shape index (κ2) is 7.88. The monoisotopic (exact) mass is 445 g/mol. The van der Waals surface area contributed by atoms with Crippen molar-refractivity contribution in [1.29, 1.82) is 0 Å². The molecular formula is C20H20ClN5O3S. The lowest BCUT2D eigenvalue weighted by molar-refractivity contribution is -0.117. The number of anilines is 1. The maximum atomic E-state index is 11.0. The van der Waals surface area contributed by atoms with Gasteiger partial charge in [0.1, 0.15) is 5.52 Å². The Morgan fingerprint density at radius 2 is 2.17 bits per heavy atom. The lowest BCUT2D eigenvalue weighted by atomic mass is 10.1. The van der Waals surface area contributed by atoms with Crippen molar-refractivity contribution in [3.05, 3.63) is 29.4 Å². The van der Waals surface area contributed by atoms with Gasteiger partial charge in [-0.05, 0) is 42.7 Å². The number of hydrogen-bond acceptors (Lipinski definition) is 7. The van der Waals surface area contributed by atoms with Gasteiger partial charge in [-0.3, -0.25) is 4.79 Å². The molecule has 1 atom stereocenters. The van der Waals surface area contributed by atoms with Crippen LogP contribution in [0, 0.1) is 5.92 Å². The summed E-state index contributed by atoms with van der Waals surface area (Å²) in [6.45, 7) is 2.59. The molecule has 1 amide bonds. The van der Waals surface area contributed by atoms with Crippen LogP contribution in [-0.4, -0.2) is 45.7 Å². The number of likely N-dealkylation sites (tertiary alicyclic amines) is 1. The number of nitrogen functional groups attached to an aromatic ring is 1. The van der Waals surface area contributed by atoms with Crippen molar-refractivity contribution >= 4 is 46.6 Å². The third kappa shape index (κ3) is 3.52. The molecule has 0 bridgehead atoms. The number of nitrogens with two attached hydrogens (primary N) is 1. The number of carbonyl (C=O) groups is 1. The number of pyridine rings is 1. The number of imidazole rings is 1. The number of aryl methyl sites for hydroxylation is 1. The molecule has 1 aromatic carbocycles. The van der Waals surface area contributed by atoms with E-state index in [0.29, 0.717) is 33.8 Å². The molecule has 0 aliphatic carbocycles. The molecule has 2 aliphatic heterocycles. The van der Waals surface area contributed by atoms with Crippen LogP contribution in [-0.2, 0) is 11.3 Å². The SMILES string of the molecule is Nc1nccc2c1nc(Sc1cc3c(cc1Cl)OCO3)n2CCC1CCN(C=O)C1. The Bertz CT molecular complexity index is 1120. The van der Waals surface area contributed by atoms with E-state index in [1.165, 1.54) is 11.8 Å². The standard InChI is InChI=1S/C20H20ClN5O3S/c21-13-7-15-16(29-11-28-15)8-17(13)30-20-24-18-14(1-4-23-19(18)22)26(20)6-3-12-2-5-25(9-12)10-27/h1,4,7-8,10,12H,2-3,5-6,9,11H2,(H2,22,23). The van der Waals surface area contributed by atoms with Crippen molar-refractivity contribution in [2.75, 3.05) is 25.6 Å². The summed E-state index contributed by atoms with van der Waals surface area (Å²) < 4.78 is 13.0. The molecule has 3 aromatic rings. The minimum atomic E-state index is 0.194. The van der Waals surface area contributed by atoms with Gasteiger partial charge in [0.15, 0.2) is 22.5 Å². The summed E-state index contributed by atoms with van der Waals surface area (Å²) in [6.07, 6.45) is 4.59. The summed E-state index contributed by atoms with van der Waals surface area (Å²) in [4.78, 5) is 22.6. The Labute approximate surface area is 182 Å². The zero-order chi connectivity index (χ0) is 20.7. The van der Waals surface area contributed by atoms with Crippen LogP contribution in [0.2, 0.25) is 5.02 Å². The van der Waals surface area contributed by atoms with E-state index in [0.717, 1.165) is 54.5 Å². The van der Waals surface area contributed by atoms with Crippen LogP contribution < -0.4 is 15.2 Å². The van der Waals surface area contributed by atoms with Gasteiger partial charge in [-0.1, -0.05) is 11.6 Å². The number of hydrogen-bond donors (Lipinski definition) is 1. The van der Waals surface area contributed by atoms with Gasteiger partial charge in [-0.25, -0.2) is 9.97 Å². The fraction of sp³-hybridized carbons (Fsp3) is 0.350. The molecule has 0 saturated carbocycles. The van der Waals surface area contributed by atoms with Crippen LogP contribution in [0.4, 0.5) is 5.82 Å². The summed E-state index contributed by atoms with van der Waals surface area (Å²) in [5.41, 5.74) is 7.70. The largest absolute Gasteiger partial charge is 0.454 e. The second-order valence-electron chi connectivity index (χ2n) is 7.39. The predicted molar refractivity (Wildman–Crippen MR) is 114 cm³/mol. The van der Waals surface area contributed by atoms with E-state index in [9.17, 15) is 4.79 Å². The molecule has 1 saturated heterocycles. The smallest absolute Gasteiger partial charge is 0.231 e. The molecule has 8 nitrogen and oxygen atoms in total. The molecule has 1 unspecified atom stereocenters. The molecular weight excluding hydrogens is 426 g/mol. The molecule has 0 radical (unpaired) electrons. The Morgan fingerprint density at radius 3 is 2.97 bits per heavy atom. The zero-order valence-electron chi connectivity index (χ0n) is 16.1. The number of nitrogens with zero attached hydrogens (tertiary/aromatic N) is 4. The molecule has 10 heteroatoms. The fourth-order valence-corrected chi connectivity index (χ4v) is 5.15. The molecule has 5 rings (SSSR count). The molecule has 0 spiro atoms. The zero-order valence-corrected chi connectivity index (χ0v) is 17.7. The average molecular weight is 446 g/mol. The summed E-state index contributed by atoms with van der Waals surface area (Å²) in [5, 5.41) is 1.36. The van der Waals surface area contributed by atoms with Gasteiger partial charge in [0.05, 0.1) is 10.5 Å². The van der Waals surface area contributed by atoms with Gasteiger partial charge in [-0.15, -0.1) is 0 Å². The van der Waals surface area contributed by atoms with Crippen LogP contribution in [0.5, 0.6) is 11.5 Å². The number of amides is 1. The van der Waals surface area contributed by atoms with Gasteiger partial charge in [0, 0.05) is 36.8 Å². The molecule has 1 fully saturated rings.